The zero-order chi connectivity index (χ0) is 16.0. The summed E-state index contributed by atoms with van der Waals surface area (Å²) in [6.45, 7) is 2.32. The molecule has 0 saturated carbocycles. The first-order chi connectivity index (χ1) is 10.6. The average molecular weight is 303 g/mol. The van der Waals surface area contributed by atoms with E-state index in [2.05, 4.69) is 24.1 Å². The van der Waals surface area contributed by atoms with Crippen molar-refractivity contribution in [1.29, 1.82) is 0 Å². The third kappa shape index (κ3) is 3.69. The number of aliphatic hydroxyl groups excluding tert-OH is 1. The van der Waals surface area contributed by atoms with Gasteiger partial charge >= 0.3 is 0 Å². The van der Waals surface area contributed by atoms with Crippen molar-refractivity contribution in [3.8, 4) is 11.5 Å². The lowest BCUT2D eigenvalue weighted by Crippen LogP contribution is -2.30. The maximum atomic E-state index is 9.35. The fourth-order valence-electron chi connectivity index (χ4n) is 2.99. The molecule has 120 valence electrons. The highest BCUT2D eigenvalue weighted by Crippen LogP contribution is 2.34. The number of aryl methyl sites for hydroxylation is 1. The number of allylic oxidation sites excluding steroid dienone is 1. The molecular weight excluding hydrogens is 278 g/mol. The van der Waals surface area contributed by atoms with E-state index in [4.69, 9.17) is 9.47 Å². The molecular formula is C18H25NO3. The molecule has 1 N–H and O–H groups in total. The van der Waals surface area contributed by atoms with Gasteiger partial charge in [-0.2, -0.15) is 0 Å². The molecule has 0 aromatic heterocycles. The van der Waals surface area contributed by atoms with E-state index in [1.165, 1.54) is 5.56 Å². The van der Waals surface area contributed by atoms with Crippen LogP contribution >= 0.6 is 0 Å². The number of methoxy groups -OCH3 is 2. The van der Waals surface area contributed by atoms with Crippen molar-refractivity contribution in [3.63, 3.8) is 0 Å². The van der Waals surface area contributed by atoms with Gasteiger partial charge in [0.05, 0.1) is 19.8 Å². The highest BCUT2D eigenvalue weighted by molar-refractivity contribution is 5.75. The highest BCUT2D eigenvalue weighted by Gasteiger charge is 2.31. The summed E-state index contributed by atoms with van der Waals surface area (Å²) in [7, 11) is 3.29. The van der Waals surface area contributed by atoms with Crippen LogP contribution in [-0.4, -0.2) is 37.7 Å². The first-order valence-electron chi connectivity index (χ1n) is 7.67. The fourth-order valence-corrected chi connectivity index (χ4v) is 2.99. The van der Waals surface area contributed by atoms with Crippen molar-refractivity contribution in [3.05, 3.63) is 35.9 Å². The minimum atomic E-state index is -0.195. The molecule has 0 bridgehead atoms. The van der Waals surface area contributed by atoms with E-state index < -0.39 is 0 Å². The van der Waals surface area contributed by atoms with Crippen molar-refractivity contribution >= 4 is 6.21 Å². The number of benzene rings is 1. The summed E-state index contributed by atoms with van der Waals surface area (Å²) in [6.07, 6.45) is 8.60. The molecule has 0 fully saturated rings. The van der Waals surface area contributed by atoms with Crippen LogP contribution < -0.4 is 9.47 Å². The number of hydrogen-bond donors (Lipinski definition) is 1. The number of rotatable bonds is 8. The average Bonchev–Trinajstić information content (AvgIpc) is 2.98. The highest BCUT2D eigenvalue weighted by atomic mass is 16.5. The van der Waals surface area contributed by atoms with Crippen LogP contribution in [-0.2, 0) is 6.42 Å². The lowest BCUT2D eigenvalue weighted by Gasteiger charge is -2.30. The number of nitrogens with zero attached hydrogens (tertiary/aromatic N) is 1. The molecule has 1 aliphatic rings. The molecule has 4 nitrogen and oxygen atoms in total. The van der Waals surface area contributed by atoms with Crippen molar-refractivity contribution in [2.45, 2.75) is 31.7 Å². The van der Waals surface area contributed by atoms with Gasteiger partial charge in [0.15, 0.2) is 11.5 Å². The quantitative estimate of drug-likeness (QED) is 0.803. The lowest BCUT2D eigenvalue weighted by atomic mass is 9.80. The Morgan fingerprint density at radius 1 is 1.18 bits per heavy atom. The second-order valence-corrected chi connectivity index (χ2v) is 5.80. The predicted octanol–water partition coefficient (Wildman–Crippen LogP) is 3.03. The molecule has 1 heterocycles. The summed E-state index contributed by atoms with van der Waals surface area (Å²) in [4.78, 5) is 4.57. The van der Waals surface area contributed by atoms with Crippen LogP contribution in [0.3, 0.4) is 0 Å². The number of aliphatic imine (C=N–C) groups is 1. The summed E-state index contributed by atoms with van der Waals surface area (Å²) in [6, 6.07) is 6.02. The maximum absolute atomic E-state index is 9.35. The third-order valence-corrected chi connectivity index (χ3v) is 4.41. The van der Waals surface area contributed by atoms with Gasteiger partial charge in [-0.05, 0) is 55.9 Å². The molecule has 1 aromatic carbocycles. The van der Waals surface area contributed by atoms with E-state index >= 15 is 0 Å². The predicted molar refractivity (Wildman–Crippen MR) is 89.1 cm³/mol. The Balaban J connectivity index is 2.06. The lowest BCUT2D eigenvalue weighted by molar-refractivity contribution is 0.220. The van der Waals surface area contributed by atoms with Crippen LogP contribution in [0.25, 0.3) is 0 Å². The van der Waals surface area contributed by atoms with Crippen molar-refractivity contribution in [2.24, 2.45) is 10.9 Å². The Bertz CT molecular complexity index is 539. The van der Waals surface area contributed by atoms with E-state index in [-0.39, 0.29) is 12.1 Å². The van der Waals surface area contributed by atoms with Gasteiger partial charge in [0.2, 0.25) is 0 Å². The van der Waals surface area contributed by atoms with Crippen LogP contribution in [0.2, 0.25) is 0 Å². The van der Waals surface area contributed by atoms with Crippen LogP contribution in [0.4, 0.5) is 0 Å². The molecule has 1 aromatic rings. The minimum Gasteiger partial charge on any atom is -0.493 e. The van der Waals surface area contributed by atoms with Gasteiger partial charge in [0.25, 0.3) is 0 Å². The van der Waals surface area contributed by atoms with Gasteiger partial charge in [0, 0.05) is 12.8 Å². The molecule has 2 atom stereocenters. The summed E-state index contributed by atoms with van der Waals surface area (Å²) in [5.74, 6) is 1.82. The second kappa shape index (κ2) is 7.45. The van der Waals surface area contributed by atoms with Crippen molar-refractivity contribution in [2.75, 3.05) is 20.8 Å². The first kappa shape index (κ1) is 16.6. The zero-order valence-electron chi connectivity index (χ0n) is 13.6. The normalized spacial score (nSPS) is 21.1. The van der Waals surface area contributed by atoms with Gasteiger partial charge < -0.3 is 14.6 Å². The molecule has 0 spiro atoms. The molecule has 1 aliphatic heterocycles. The van der Waals surface area contributed by atoms with Gasteiger partial charge in [-0.1, -0.05) is 12.1 Å². The maximum Gasteiger partial charge on any atom is 0.160 e. The standard InChI is InChI=1S/C18H25NO3/c1-18(10-4-11-19-18)15(9-12-20)7-5-14-6-8-16(21-2)17(13-14)22-3/h4,6,8,10-11,13,15,20H,5,7,9,12H2,1-3H3. The van der Waals surface area contributed by atoms with Crippen molar-refractivity contribution < 1.29 is 14.6 Å². The van der Waals surface area contributed by atoms with E-state index in [9.17, 15) is 5.11 Å². The molecule has 0 radical (unpaired) electrons. The first-order valence-corrected chi connectivity index (χ1v) is 7.67. The molecule has 22 heavy (non-hydrogen) atoms. The Morgan fingerprint density at radius 3 is 2.55 bits per heavy atom. The monoisotopic (exact) mass is 303 g/mol. The summed E-state index contributed by atoms with van der Waals surface area (Å²) >= 11 is 0. The van der Waals surface area contributed by atoms with E-state index in [1.807, 2.05) is 24.4 Å². The fraction of sp³-hybridized carbons (Fsp3) is 0.500. The summed E-state index contributed by atoms with van der Waals surface area (Å²) in [5.41, 5.74) is 1.01. The molecule has 0 amide bonds. The SMILES string of the molecule is COc1ccc(CCC(CCO)C2(C)C=CC=N2)cc1OC. The number of aliphatic hydroxyl groups is 1. The minimum absolute atomic E-state index is 0.190. The summed E-state index contributed by atoms with van der Waals surface area (Å²) in [5, 5.41) is 9.35. The van der Waals surface area contributed by atoms with Crippen LogP contribution in [0.1, 0.15) is 25.3 Å². The Kier molecular flexibility index (Phi) is 5.61. The van der Waals surface area contributed by atoms with Gasteiger partial charge in [-0.15, -0.1) is 0 Å². The van der Waals surface area contributed by atoms with E-state index in [0.717, 1.165) is 30.8 Å². The Morgan fingerprint density at radius 2 is 1.95 bits per heavy atom. The Hall–Kier alpha value is -1.81. The molecule has 2 unspecified atom stereocenters. The van der Waals surface area contributed by atoms with Crippen molar-refractivity contribution in [1.82, 2.24) is 0 Å². The molecule has 2 rings (SSSR count). The van der Waals surface area contributed by atoms with Crippen LogP contribution in [0.15, 0.2) is 35.3 Å². The third-order valence-electron chi connectivity index (χ3n) is 4.41. The molecule has 0 aliphatic carbocycles. The Labute approximate surface area is 132 Å². The van der Waals surface area contributed by atoms with E-state index in [1.54, 1.807) is 14.2 Å². The van der Waals surface area contributed by atoms with Crippen LogP contribution in [0, 0.1) is 5.92 Å². The van der Waals surface area contributed by atoms with Gasteiger partial charge in [-0.25, -0.2) is 0 Å². The number of hydrogen-bond acceptors (Lipinski definition) is 4. The molecule has 0 saturated heterocycles. The number of ether oxygens (including phenoxy) is 2. The van der Waals surface area contributed by atoms with Gasteiger partial charge in [-0.3, -0.25) is 4.99 Å². The van der Waals surface area contributed by atoms with Gasteiger partial charge in [0.1, 0.15) is 0 Å². The van der Waals surface area contributed by atoms with Crippen LogP contribution in [0.5, 0.6) is 11.5 Å². The topological polar surface area (TPSA) is 51.0 Å². The summed E-state index contributed by atoms with van der Waals surface area (Å²) < 4.78 is 10.6. The second-order valence-electron chi connectivity index (χ2n) is 5.80. The molecule has 4 heteroatoms. The van der Waals surface area contributed by atoms with E-state index in [0.29, 0.717) is 5.92 Å². The largest absolute Gasteiger partial charge is 0.493 e. The smallest absolute Gasteiger partial charge is 0.160 e. The zero-order valence-corrected chi connectivity index (χ0v) is 13.6.